The number of aryl methyl sites for hydroxylation is 2. The fourth-order valence-electron chi connectivity index (χ4n) is 4.29. The fourth-order valence-corrected chi connectivity index (χ4v) is 4.29. The van der Waals surface area contributed by atoms with Gasteiger partial charge in [-0.1, -0.05) is 109 Å². The predicted octanol–water partition coefficient (Wildman–Crippen LogP) is 11.1. The Hall–Kier alpha value is -3.27. The summed E-state index contributed by atoms with van der Waals surface area (Å²) in [4.78, 5) is 4.96. The Balaban J connectivity index is 0.00000107. The molecule has 0 bridgehead atoms. The molecule has 0 heterocycles. The van der Waals surface area contributed by atoms with Gasteiger partial charge in [-0.25, -0.2) is 0 Å². The molecule has 0 radical (unpaired) electrons. The fraction of sp³-hybridized carbons (Fsp3) is 0.0606. The van der Waals surface area contributed by atoms with Crippen molar-refractivity contribution in [2.24, 2.45) is 4.99 Å². The van der Waals surface area contributed by atoms with Gasteiger partial charge >= 0.3 is 34.1 Å². The summed E-state index contributed by atoms with van der Waals surface area (Å²) in [5, 5.41) is 5.12. The van der Waals surface area contributed by atoms with E-state index in [1.54, 1.807) is 0 Å². The Kier molecular flexibility index (Phi) is 10.3. The van der Waals surface area contributed by atoms with Crippen LogP contribution in [-0.4, -0.2) is 6.21 Å². The summed E-state index contributed by atoms with van der Waals surface area (Å²) >= 11 is -0.368. The van der Waals surface area contributed by atoms with Gasteiger partial charge < -0.3 is 5.32 Å². The SMILES string of the molecule is Cc1cccc(C)c1N=Cc1cc(-c2ccccc2)cc(-c2ccccc2)c1[N-]c1ccccc1.[Cl][V][Cl]. The zero-order valence-electron chi connectivity index (χ0n) is 21.2. The number of aliphatic imine (C=N–C) groups is 1. The van der Waals surface area contributed by atoms with Crippen LogP contribution < -0.4 is 0 Å². The van der Waals surface area contributed by atoms with E-state index in [0.29, 0.717) is 0 Å². The van der Waals surface area contributed by atoms with Crippen LogP contribution in [0.15, 0.2) is 126 Å². The van der Waals surface area contributed by atoms with Crippen molar-refractivity contribution in [1.29, 1.82) is 0 Å². The van der Waals surface area contributed by atoms with Gasteiger partial charge in [0.1, 0.15) is 0 Å². The van der Waals surface area contributed by atoms with Crippen LogP contribution in [0.25, 0.3) is 27.6 Å². The molecule has 5 aromatic rings. The van der Waals surface area contributed by atoms with Crippen LogP contribution in [0.1, 0.15) is 16.7 Å². The van der Waals surface area contributed by atoms with Crippen LogP contribution in [0.3, 0.4) is 0 Å². The van der Waals surface area contributed by atoms with Gasteiger partial charge in [-0.2, -0.15) is 0 Å². The quantitative estimate of drug-likeness (QED) is 0.181. The molecule has 0 aliphatic carbocycles. The van der Waals surface area contributed by atoms with Crippen molar-refractivity contribution < 1.29 is 14.4 Å². The van der Waals surface area contributed by atoms with Crippen LogP contribution in [0.4, 0.5) is 17.1 Å². The van der Waals surface area contributed by atoms with Gasteiger partial charge in [0.15, 0.2) is 0 Å². The Morgan fingerprint density at radius 2 is 1.16 bits per heavy atom. The van der Waals surface area contributed by atoms with E-state index >= 15 is 0 Å². The molecule has 2 nitrogen and oxygen atoms in total. The van der Waals surface area contributed by atoms with Gasteiger partial charge in [-0.15, -0.1) is 11.4 Å². The molecule has 0 aliphatic heterocycles. The molecule has 5 rings (SSSR count). The van der Waals surface area contributed by atoms with Crippen molar-refractivity contribution in [2.75, 3.05) is 0 Å². The summed E-state index contributed by atoms with van der Waals surface area (Å²) in [6, 6.07) is 41.8. The number of para-hydroxylation sites is 2. The number of hydrogen-bond acceptors (Lipinski definition) is 1. The zero-order valence-corrected chi connectivity index (χ0v) is 24.1. The molecule has 38 heavy (non-hydrogen) atoms. The second kappa shape index (κ2) is 14.0. The molecule has 0 saturated heterocycles. The molecule has 0 spiro atoms. The molecule has 5 heteroatoms. The maximum absolute atomic E-state index is 5.12. The molecule has 0 amide bonds. The third-order valence-electron chi connectivity index (χ3n) is 6.10. The molecule has 0 atom stereocenters. The van der Waals surface area contributed by atoms with E-state index in [9.17, 15) is 0 Å². The van der Waals surface area contributed by atoms with Crippen LogP contribution in [0, 0.1) is 13.8 Å². The molecule has 0 N–H and O–H groups in total. The summed E-state index contributed by atoms with van der Waals surface area (Å²) in [7, 11) is 9.72. The molecular formula is C33H27Cl2N2V-. The monoisotopic (exact) mass is 572 g/mol. The standard InChI is InChI=1S/C33H27N2.2ClH.V/c1-24-13-12-14-25(2)32(24)34-23-29-21-28(26-15-6-3-7-16-26)22-31(27-17-8-4-9-18-27)33(29)35-30-19-10-5-11-20-30;;;/h3-23H,1-2H3;2*1H;/q-1;;;+2/p-2. The number of rotatable bonds is 6. The summed E-state index contributed by atoms with van der Waals surface area (Å²) in [6.45, 7) is 4.20. The van der Waals surface area contributed by atoms with Crippen LogP contribution in [0.2, 0.25) is 0 Å². The van der Waals surface area contributed by atoms with Crippen LogP contribution in [0.5, 0.6) is 0 Å². The first-order chi connectivity index (χ1) is 18.6. The molecule has 0 aromatic heterocycles. The number of hydrogen-bond donors (Lipinski definition) is 0. The molecule has 0 unspecified atom stereocenters. The average Bonchev–Trinajstić information content (AvgIpc) is 2.95. The van der Waals surface area contributed by atoms with E-state index in [1.165, 1.54) is 0 Å². The molecule has 0 aliphatic rings. The predicted molar refractivity (Wildman–Crippen MR) is 161 cm³/mol. The third-order valence-corrected chi connectivity index (χ3v) is 6.10. The molecule has 189 valence electrons. The first kappa shape index (κ1) is 27.8. The Morgan fingerprint density at radius 1 is 0.632 bits per heavy atom. The van der Waals surface area contributed by atoms with E-state index in [0.717, 1.165) is 56.0 Å². The van der Waals surface area contributed by atoms with Crippen LogP contribution >= 0.6 is 19.7 Å². The molecule has 0 fully saturated rings. The van der Waals surface area contributed by atoms with E-state index in [1.807, 2.05) is 48.7 Å². The number of nitrogens with zero attached hydrogens (tertiary/aromatic N) is 2. The summed E-state index contributed by atoms with van der Waals surface area (Å²) in [5.74, 6) is 0. The minimum absolute atomic E-state index is 0.368. The molecule has 5 aromatic carbocycles. The van der Waals surface area contributed by atoms with Gasteiger partial charge in [-0.05, 0) is 64.9 Å². The molecular weight excluding hydrogens is 546 g/mol. The summed E-state index contributed by atoms with van der Waals surface area (Å²) in [6.07, 6.45) is 1.97. The van der Waals surface area contributed by atoms with Gasteiger partial charge in [0, 0.05) is 6.21 Å². The molecule has 0 saturated carbocycles. The van der Waals surface area contributed by atoms with Crippen molar-refractivity contribution in [3.05, 3.63) is 143 Å². The maximum atomic E-state index is 5.12. The van der Waals surface area contributed by atoms with Crippen molar-refractivity contribution in [3.8, 4) is 22.3 Å². The summed E-state index contributed by atoms with van der Waals surface area (Å²) < 4.78 is 0. The Bertz CT molecular complexity index is 1470. The van der Waals surface area contributed by atoms with E-state index in [2.05, 4.69) is 92.7 Å². The second-order valence-electron chi connectivity index (χ2n) is 8.70. The van der Waals surface area contributed by atoms with Crippen LogP contribution in [-0.2, 0) is 14.4 Å². The van der Waals surface area contributed by atoms with E-state index < -0.39 is 0 Å². The first-order valence-electron chi connectivity index (χ1n) is 12.2. The zero-order chi connectivity index (χ0) is 26.7. The summed E-state index contributed by atoms with van der Waals surface area (Å²) in [5.41, 5.74) is 10.6. The van der Waals surface area contributed by atoms with Gasteiger partial charge in [-0.3, -0.25) is 4.99 Å². The Labute approximate surface area is 240 Å². The van der Waals surface area contributed by atoms with Crippen molar-refractivity contribution in [3.63, 3.8) is 0 Å². The van der Waals surface area contributed by atoms with Gasteiger partial charge in [0.25, 0.3) is 0 Å². The van der Waals surface area contributed by atoms with Gasteiger partial charge in [0.05, 0.1) is 5.69 Å². The van der Waals surface area contributed by atoms with Crippen molar-refractivity contribution in [2.45, 2.75) is 13.8 Å². The van der Waals surface area contributed by atoms with E-state index in [4.69, 9.17) is 30.0 Å². The normalized spacial score (nSPS) is 10.5. The topological polar surface area (TPSA) is 26.5 Å². The Morgan fingerprint density at radius 3 is 1.74 bits per heavy atom. The third kappa shape index (κ3) is 7.19. The minimum atomic E-state index is -0.368. The van der Waals surface area contributed by atoms with Gasteiger partial charge in [0.2, 0.25) is 0 Å². The van der Waals surface area contributed by atoms with Crippen molar-refractivity contribution in [1.82, 2.24) is 0 Å². The average molecular weight is 573 g/mol. The number of benzene rings is 5. The van der Waals surface area contributed by atoms with E-state index in [-0.39, 0.29) is 14.4 Å². The van der Waals surface area contributed by atoms with Crippen molar-refractivity contribution >= 4 is 43.0 Å². The second-order valence-corrected chi connectivity index (χ2v) is 11.0. The number of halogens is 2. The first-order valence-corrected chi connectivity index (χ1v) is 16.0.